The molecule has 1 aromatic heterocycles. The van der Waals surface area contributed by atoms with E-state index in [1.165, 1.54) is 18.2 Å². The molecule has 0 saturated heterocycles. The minimum absolute atomic E-state index is 0.133. The van der Waals surface area contributed by atoms with Crippen LogP contribution in [0.1, 0.15) is 0 Å². The van der Waals surface area contributed by atoms with Gasteiger partial charge in [-0.1, -0.05) is 6.07 Å². The molecule has 1 heterocycles. The van der Waals surface area contributed by atoms with E-state index in [4.69, 9.17) is 4.74 Å². The Balaban J connectivity index is 2.08. The van der Waals surface area contributed by atoms with Crippen molar-refractivity contribution in [3.8, 4) is 17.4 Å². The van der Waals surface area contributed by atoms with E-state index >= 15 is 0 Å². The maximum atomic E-state index is 13.1. The van der Waals surface area contributed by atoms with Gasteiger partial charge in [0.05, 0.1) is 4.47 Å². The highest BCUT2D eigenvalue weighted by atomic mass is 79.9. The highest BCUT2D eigenvalue weighted by Crippen LogP contribution is 2.33. The highest BCUT2D eigenvalue weighted by molar-refractivity contribution is 9.10. The summed E-state index contributed by atoms with van der Waals surface area (Å²) in [5.74, 6) is 0.585. The summed E-state index contributed by atoms with van der Waals surface area (Å²) in [7, 11) is 0. The summed E-state index contributed by atoms with van der Waals surface area (Å²) >= 11 is 3.24. The van der Waals surface area contributed by atoms with Crippen LogP contribution in [0.3, 0.4) is 0 Å². The molecular formula is C15H9BrFNO2. The van der Waals surface area contributed by atoms with Gasteiger partial charge in [0.2, 0.25) is 5.88 Å². The third-order valence-corrected chi connectivity index (χ3v) is 3.43. The quantitative estimate of drug-likeness (QED) is 0.743. The molecule has 0 spiro atoms. The van der Waals surface area contributed by atoms with Crippen LogP contribution in [-0.4, -0.2) is 10.1 Å². The van der Waals surface area contributed by atoms with Crippen LogP contribution in [0.4, 0.5) is 4.39 Å². The Morgan fingerprint density at radius 2 is 1.95 bits per heavy atom. The van der Waals surface area contributed by atoms with Crippen LogP contribution in [-0.2, 0) is 0 Å². The molecule has 20 heavy (non-hydrogen) atoms. The SMILES string of the molecule is Oc1ccc2ccnc(Oc3ccc(F)cc3Br)c2c1. The van der Waals surface area contributed by atoms with E-state index in [1.807, 2.05) is 6.07 Å². The zero-order valence-electron chi connectivity index (χ0n) is 10.2. The summed E-state index contributed by atoms with van der Waals surface area (Å²) in [6.45, 7) is 0. The molecule has 0 aliphatic carbocycles. The molecule has 0 aliphatic rings. The fourth-order valence-electron chi connectivity index (χ4n) is 1.87. The van der Waals surface area contributed by atoms with Crippen molar-refractivity contribution in [2.75, 3.05) is 0 Å². The fraction of sp³-hybridized carbons (Fsp3) is 0. The van der Waals surface area contributed by atoms with Crippen molar-refractivity contribution in [1.29, 1.82) is 0 Å². The summed E-state index contributed by atoms with van der Waals surface area (Å²) < 4.78 is 19.3. The zero-order chi connectivity index (χ0) is 14.1. The number of phenolic OH excluding ortho intramolecular Hbond substituents is 1. The standard InChI is InChI=1S/C15H9BrFNO2/c16-13-7-10(17)2-4-14(13)20-15-12-8-11(19)3-1-9(12)5-6-18-15/h1-8,19H. The van der Waals surface area contributed by atoms with Gasteiger partial charge < -0.3 is 9.84 Å². The van der Waals surface area contributed by atoms with Crippen molar-refractivity contribution in [2.45, 2.75) is 0 Å². The number of ether oxygens (including phenoxy) is 1. The van der Waals surface area contributed by atoms with Gasteiger partial charge in [0, 0.05) is 11.6 Å². The Labute approximate surface area is 122 Å². The van der Waals surface area contributed by atoms with Crippen molar-refractivity contribution < 1.29 is 14.2 Å². The topological polar surface area (TPSA) is 42.4 Å². The molecule has 100 valence electrons. The third-order valence-electron chi connectivity index (χ3n) is 2.81. The van der Waals surface area contributed by atoms with Crippen LogP contribution >= 0.6 is 15.9 Å². The summed E-state index contributed by atoms with van der Waals surface area (Å²) in [5.41, 5.74) is 0. The molecule has 2 aromatic carbocycles. The number of benzene rings is 2. The maximum Gasteiger partial charge on any atom is 0.227 e. The predicted octanol–water partition coefficient (Wildman–Crippen LogP) is 4.63. The van der Waals surface area contributed by atoms with Gasteiger partial charge in [-0.05, 0) is 57.7 Å². The summed E-state index contributed by atoms with van der Waals surface area (Å²) in [4.78, 5) is 4.16. The van der Waals surface area contributed by atoms with Gasteiger partial charge in [-0.3, -0.25) is 0 Å². The van der Waals surface area contributed by atoms with E-state index in [9.17, 15) is 9.50 Å². The number of aromatic hydroxyl groups is 1. The molecule has 0 radical (unpaired) electrons. The van der Waals surface area contributed by atoms with E-state index in [-0.39, 0.29) is 11.6 Å². The molecule has 1 N–H and O–H groups in total. The number of nitrogens with zero attached hydrogens (tertiary/aromatic N) is 1. The lowest BCUT2D eigenvalue weighted by molar-refractivity contribution is 0.461. The Kier molecular flexibility index (Phi) is 3.28. The summed E-state index contributed by atoms with van der Waals surface area (Å²) in [6.07, 6.45) is 1.62. The van der Waals surface area contributed by atoms with Crippen molar-refractivity contribution in [2.24, 2.45) is 0 Å². The van der Waals surface area contributed by atoms with Crippen molar-refractivity contribution in [3.63, 3.8) is 0 Å². The minimum Gasteiger partial charge on any atom is -0.508 e. The second kappa shape index (κ2) is 5.09. The van der Waals surface area contributed by atoms with Crippen LogP contribution < -0.4 is 4.74 Å². The second-order valence-corrected chi connectivity index (χ2v) is 5.05. The van der Waals surface area contributed by atoms with E-state index in [1.54, 1.807) is 24.4 Å². The van der Waals surface area contributed by atoms with E-state index in [0.717, 1.165) is 5.39 Å². The Bertz CT molecular complexity index is 792. The molecule has 0 unspecified atom stereocenters. The van der Waals surface area contributed by atoms with Crippen molar-refractivity contribution >= 4 is 26.7 Å². The molecular weight excluding hydrogens is 325 g/mol. The molecule has 0 saturated carbocycles. The number of rotatable bonds is 2. The van der Waals surface area contributed by atoms with Crippen molar-refractivity contribution in [1.82, 2.24) is 4.98 Å². The van der Waals surface area contributed by atoms with Gasteiger partial charge in [0.15, 0.2) is 0 Å². The molecule has 3 rings (SSSR count). The molecule has 0 bridgehead atoms. The Morgan fingerprint density at radius 3 is 2.75 bits per heavy atom. The Hall–Kier alpha value is -2.14. The van der Waals surface area contributed by atoms with Gasteiger partial charge in [0.25, 0.3) is 0 Å². The number of pyridine rings is 1. The average molecular weight is 334 g/mol. The van der Waals surface area contributed by atoms with Crippen LogP contribution in [0, 0.1) is 5.82 Å². The average Bonchev–Trinajstić information content (AvgIpc) is 2.42. The summed E-state index contributed by atoms with van der Waals surface area (Å²) in [6, 6.07) is 10.9. The molecule has 3 aromatic rings. The second-order valence-electron chi connectivity index (χ2n) is 4.20. The minimum atomic E-state index is -0.354. The lowest BCUT2D eigenvalue weighted by atomic mass is 10.1. The summed E-state index contributed by atoms with van der Waals surface area (Å²) in [5, 5.41) is 11.1. The van der Waals surface area contributed by atoms with Crippen molar-refractivity contribution in [3.05, 3.63) is 59.0 Å². The third kappa shape index (κ3) is 2.44. The molecule has 0 atom stereocenters. The first kappa shape index (κ1) is 12.9. The highest BCUT2D eigenvalue weighted by Gasteiger charge is 2.09. The number of fused-ring (bicyclic) bond motifs is 1. The largest absolute Gasteiger partial charge is 0.508 e. The lowest BCUT2D eigenvalue weighted by Gasteiger charge is -2.09. The lowest BCUT2D eigenvalue weighted by Crippen LogP contribution is -1.90. The van der Waals surface area contributed by atoms with Gasteiger partial charge in [-0.15, -0.1) is 0 Å². The molecule has 0 amide bonds. The number of phenols is 1. The monoisotopic (exact) mass is 333 g/mol. The van der Waals surface area contributed by atoms with E-state index < -0.39 is 0 Å². The first-order chi connectivity index (χ1) is 9.63. The van der Waals surface area contributed by atoms with Gasteiger partial charge in [-0.2, -0.15) is 0 Å². The first-order valence-electron chi connectivity index (χ1n) is 5.84. The number of hydrogen-bond donors (Lipinski definition) is 1. The van der Waals surface area contributed by atoms with Gasteiger partial charge in [0.1, 0.15) is 17.3 Å². The molecule has 0 fully saturated rings. The van der Waals surface area contributed by atoms with Crippen LogP contribution in [0.15, 0.2) is 53.1 Å². The molecule has 5 heteroatoms. The predicted molar refractivity (Wildman–Crippen MR) is 77.6 cm³/mol. The van der Waals surface area contributed by atoms with Gasteiger partial charge in [-0.25, -0.2) is 9.37 Å². The van der Waals surface area contributed by atoms with Crippen LogP contribution in [0.2, 0.25) is 0 Å². The van der Waals surface area contributed by atoms with E-state index in [0.29, 0.717) is 21.5 Å². The van der Waals surface area contributed by atoms with Gasteiger partial charge >= 0.3 is 0 Å². The van der Waals surface area contributed by atoms with Crippen LogP contribution in [0.25, 0.3) is 10.8 Å². The normalized spacial score (nSPS) is 10.7. The first-order valence-corrected chi connectivity index (χ1v) is 6.63. The van der Waals surface area contributed by atoms with Crippen LogP contribution in [0.5, 0.6) is 17.4 Å². The molecule has 0 aliphatic heterocycles. The molecule has 3 nitrogen and oxygen atoms in total. The Morgan fingerprint density at radius 1 is 1.10 bits per heavy atom. The maximum absolute atomic E-state index is 13.1. The fourth-order valence-corrected chi connectivity index (χ4v) is 2.30. The zero-order valence-corrected chi connectivity index (χ0v) is 11.8. The number of halogens is 2. The number of aromatic nitrogens is 1. The number of hydrogen-bond acceptors (Lipinski definition) is 3. The van der Waals surface area contributed by atoms with E-state index in [2.05, 4.69) is 20.9 Å². The smallest absolute Gasteiger partial charge is 0.227 e.